The number of aliphatic hydroxyl groups is 1. The fourth-order valence-corrected chi connectivity index (χ4v) is 3.82. The summed E-state index contributed by atoms with van der Waals surface area (Å²) in [5.41, 5.74) is 2.44. The molecule has 25 heavy (non-hydrogen) atoms. The third kappa shape index (κ3) is 2.77. The molecule has 0 bridgehead atoms. The summed E-state index contributed by atoms with van der Waals surface area (Å²) in [5.74, 6) is 0.847. The summed E-state index contributed by atoms with van der Waals surface area (Å²) >= 11 is 0. The van der Waals surface area contributed by atoms with Crippen LogP contribution in [0.25, 0.3) is 0 Å². The second-order valence-corrected chi connectivity index (χ2v) is 7.45. The molecule has 1 unspecified atom stereocenters. The first kappa shape index (κ1) is 18.0. The van der Waals surface area contributed by atoms with Crippen LogP contribution >= 0.6 is 0 Å². The number of likely N-dealkylation sites (N-methyl/N-ethyl adjacent to an activating group) is 1. The third-order valence-electron chi connectivity index (χ3n) is 5.81. The molecule has 0 spiro atoms. The SMILES string of the molecule is Cc1c(C)c2c(c(C)c1O)CCC(C)(C(=O)N(C)[C@@H]1COC[C@H]1O)O2. The highest BCUT2D eigenvalue weighted by molar-refractivity contribution is 5.86. The van der Waals surface area contributed by atoms with Crippen molar-refractivity contribution < 1.29 is 24.5 Å². The van der Waals surface area contributed by atoms with Crippen molar-refractivity contribution in [2.75, 3.05) is 20.3 Å². The standard InChI is InChI=1S/C19H27NO5/c1-10-11(2)17-13(12(3)16(10)22)6-7-19(4,25-17)18(23)20(5)14-8-24-9-15(14)21/h14-15,21-22H,6-9H2,1-5H3/t14-,15-,19?/m1/s1. The number of carbonyl (C=O) groups is 1. The molecule has 2 aliphatic heterocycles. The van der Waals surface area contributed by atoms with Gasteiger partial charge in [0.05, 0.1) is 25.4 Å². The van der Waals surface area contributed by atoms with Gasteiger partial charge in [-0.2, -0.15) is 0 Å². The first-order valence-electron chi connectivity index (χ1n) is 8.71. The molecule has 0 saturated carbocycles. The predicted octanol–water partition coefficient (Wildman–Crippen LogP) is 1.62. The van der Waals surface area contributed by atoms with E-state index >= 15 is 0 Å². The van der Waals surface area contributed by atoms with Crippen LogP contribution in [0.15, 0.2) is 0 Å². The van der Waals surface area contributed by atoms with E-state index in [4.69, 9.17) is 9.47 Å². The molecule has 0 radical (unpaired) electrons. The molecule has 2 aliphatic rings. The number of aliphatic hydroxyl groups excluding tert-OH is 1. The van der Waals surface area contributed by atoms with E-state index in [0.29, 0.717) is 30.9 Å². The Balaban J connectivity index is 1.91. The normalized spacial score (nSPS) is 28.4. The number of rotatable bonds is 2. The largest absolute Gasteiger partial charge is 0.507 e. The molecule has 2 N–H and O–H groups in total. The van der Waals surface area contributed by atoms with Gasteiger partial charge in [-0.25, -0.2) is 0 Å². The number of ether oxygens (including phenoxy) is 2. The number of benzene rings is 1. The Morgan fingerprint density at radius 2 is 1.88 bits per heavy atom. The summed E-state index contributed by atoms with van der Waals surface area (Å²) in [6.07, 6.45) is 0.516. The number of fused-ring (bicyclic) bond motifs is 1. The topological polar surface area (TPSA) is 79.2 Å². The van der Waals surface area contributed by atoms with Crippen LogP contribution in [0.2, 0.25) is 0 Å². The summed E-state index contributed by atoms with van der Waals surface area (Å²) in [7, 11) is 1.69. The first-order chi connectivity index (χ1) is 11.7. The molecule has 1 fully saturated rings. The molecule has 2 heterocycles. The van der Waals surface area contributed by atoms with Gasteiger partial charge in [0.2, 0.25) is 0 Å². The van der Waals surface area contributed by atoms with Gasteiger partial charge in [-0.3, -0.25) is 4.79 Å². The molecule has 3 rings (SSSR count). The van der Waals surface area contributed by atoms with Gasteiger partial charge in [-0.15, -0.1) is 0 Å². The summed E-state index contributed by atoms with van der Waals surface area (Å²) in [4.78, 5) is 14.6. The second kappa shape index (κ2) is 6.18. The minimum Gasteiger partial charge on any atom is -0.507 e. The average Bonchev–Trinajstić information content (AvgIpc) is 3.02. The molecular formula is C19H27NO5. The van der Waals surface area contributed by atoms with Crippen LogP contribution in [0.3, 0.4) is 0 Å². The molecule has 0 aliphatic carbocycles. The van der Waals surface area contributed by atoms with Crippen molar-refractivity contribution in [2.24, 2.45) is 0 Å². The fourth-order valence-electron chi connectivity index (χ4n) is 3.82. The lowest BCUT2D eigenvalue weighted by Gasteiger charge is -2.40. The van der Waals surface area contributed by atoms with Crippen LogP contribution in [-0.2, 0) is 16.0 Å². The van der Waals surface area contributed by atoms with Gasteiger partial charge in [-0.1, -0.05) is 0 Å². The zero-order valence-electron chi connectivity index (χ0n) is 15.5. The van der Waals surface area contributed by atoms with E-state index in [1.807, 2.05) is 20.8 Å². The van der Waals surface area contributed by atoms with Crippen LogP contribution in [0, 0.1) is 20.8 Å². The molecule has 138 valence electrons. The van der Waals surface area contributed by atoms with Crippen molar-refractivity contribution in [3.8, 4) is 11.5 Å². The Hall–Kier alpha value is -1.79. The molecule has 1 amide bonds. The Morgan fingerprint density at radius 3 is 2.48 bits per heavy atom. The van der Waals surface area contributed by atoms with Crippen LogP contribution in [-0.4, -0.2) is 59.0 Å². The van der Waals surface area contributed by atoms with Crippen molar-refractivity contribution >= 4 is 5.91 Å². The maximum Gasteiger partial charge on any atom is 0.266 e. The van der Waals surface area contributed by atoms with Crippen LogP contribution < -0.4 is 4.74 Å². The summed E-state index contributed by atoms with van der Waals surface area (Å²) in [6, 6.07) is -0.348. The fraction of sp³-hybridized carbons (Fsp3) is 0.632. The maximum atomic E-state index is 13.1. The molecule has 1 saturated heterocycles. The highest BCUT2D eigenvalue weighted by atomic mass is 16.5. The maximum absolute atomic E-state index is 13.1. The van der Waals surface area contributed by atoms with Gasteiger partial charge in [0, 0.05) is 19.0 Å². The van der Waals surface area contributed by atoms with Crippen molar-refractivity contribution in [3.05, 3.63) is 22.3 Å². The number of nitrogens with zero attached hydrogens (tertiary/aromatic N) is 1. The first-order valence-corrected chi connectivity index (χ1v) is 8.71. The molecule has 6 nitrogen and oxygen atoms in total. The Labute approximate surface area is 148 Å². The van der Waals surface area contributed by atoms with E-state index in [0.717, 1.165) is 22.3 Å². The van der Waals surface area contributed by atoms with Crippen molar-refractivity contribution in [2.45, 2.75) is 58.3 Å². The minimum absolute atomic E-state index is 0.157. The van der Waals surface area contributed by atoms with Gasteiger partial charge in [0.15, 0.2) is 5.60 Å². The highest BCUT2D eigenvalue weighted by Crippen LogP contribution is 2.43. The lowest BCUT2D eigenvalue weighted by Crippen LogP contribution is -2.56. The van der Waals surface area contributed by atoms with E-state index < -0.39 is 11.7 Å². The minimum atomic E-state index is -0.995. The van der Waals surface area contributed by atoms with E-state index in [1.54, 1.807) is 18.9 Å². The lowest BCUT2D eigenvalue weighted by molar-refractivity contribution is -0.150. The lowest BCUT2D eigenvalue weighted by atomic mass is 9.86. The smallest absolute Gasteiger partial charge is 0.266 e. The van der Waals surface area contributed by atoms with E-state index in [-0.39, 0.29) is 18.6 Å². The summed E-state index contributed by atoms with van der Waals surface area (Å²) < 4.78 is 11.5. The number of hydrogen-bond donors (Lipinski definition) is 2. The Bertz CT molecular complexity index is 717. The van der Waals surface area contributed by atoms with Crippen LogP contribution in [0.5, 0.6) is 11.5 Å². The number of hydrogen-bond acceptors (Lipinski definition) is 5. The Kier molecular flexibility index (Phi) is 4.45. The Morgan fingerprint density at radius 1 is 1.20 bits per heavy atom. The van der Waals surface area contributed by atoms with Crippen molar-refractivity contribution in [1.82, 2.24) is 4.90 Å². The van der Waals surface area contributed by atoms with Crippen LogP contribution in [0.4, 0.5) is 0 Å². The van der Waals surface area contributed by atoms with Crippen LogP contribution in [0.1, 0.15) is 35.6 Å². The van der Waals surface area contributed by atoms with Crippen molar-refractivity contribution in [3.63, 3.8) is 0 Å². The zero-order valence-corrected chi connectivity index (χ0v) is 15.5. The number of amides is 1. The molecule has 0 aromatic heterocycles. The molecule has 1 aromatic carbocycles. The van der Waals surface area contributed by atoms with E-state index in [9.17, 15) is 15.0 Å². The van der Waals surface area contributed by atoms with E-state index in [1.165, 1.54) is 0 Å². The van der Waals surface area contributed by atoms with Gasteiger partial charge in [0.1, 0.15) is 11.5 Å². The number of carbonyl (C=O) groups excluding carboxylic acids is 1. The van der Waals surface area contributed by atoms with Gasteiger partial charge >= 0.3 is 0 Å². The molecule has 1 aromatic rings. The summed E-state index contributed by atoms with van der Waals surface area (Å²) in [5, 5.41) is 20.3. The second-order valence-electron chi connectivity index (χ2n) is 7.45. The monoisotopic (exact) mass is 349 g/mol. The van der Waals surface area contributed by atoms with Crippen molar-refractivity contribution in [1.29, 1.82) is 0 Å². The quantitative estimate of drug-likeness (QED) is 0.848. The zero-order chi connectivity index (χ0) is 18.5. The number of phenols is 1. The van der Waals surface area contributed by atoms with Gasteiger partial charge in [-0.05, 0) is 50.8 Å². The highest BCUT2D eigenvalue weighted by Gasteiger charge is 2.45. The number of aromatic hydroxyl groups is 1. The third-order valence-corrected chi connectivity index (χ3v) is 5.81. The summed E-state index contributed by atoms with van der Waals surface area (Å²) in [6.45, 7) is 8.02. The predicted molar refractivity (Wildman–Crippen MR) is 93.1 cm³/mol. The average molecular weight is 349 g/mol. The molecule has 3 atom stereocenters. The van der Waals surface area contributed by atoms with Gasteiger partial charge < -0.3 is 24.6 Å². The molecular weight excluding hydrogens is 322 g/mol. The number of phenolic OH excluding ortho intramolecular Hbond substituents is 1. The molecule has 6 heteroatoms. The van der Waals surface area contributed by atoms with Gasteiger partial charge in [0.25, 0.3) is 5.91 Å². The van der Waals surface area contributed by atoms with E-state index in [2.05, 4.69) is 0 Å².